The minimum absolute atomic E-state index is 0.0539. The fourth-order valence-corrected chi connectivity index (χ4v) is 4.13. The predicted molar refractivity (Wildman–Crippen MR) is 123 cm³/mol. The molecule has 0 unspecified atom stereocenters. The van der Waals surface area contributed by atoms with Crippen LogP contribution in [0.1, 0.15) is 62.4 Å². The van der Waals surface area contributed by atoms with E-state index in [0.29, 0.717) is 34.3 Å². The number of benzene rings is 1. The molecule has 14 heteroatoms. The first kappa shape index (κ1) is 28.0. The summed E-state index contributed by atoms with van der Waals surface area (Å²) in [5.74, 6) is -1.43. The number of hydrogen-bond donors (Lipinski definition) is 1. The van der Waals surface area contributed by atoms with Gasteiger partial charge in [0.15, 0.2) is 0 Å². The minimum atomic E-state index is -5.09. The van der Waals surface area contributed by atoms with Crippen molar-refractivity contribution in [3.05, 3.63) is 63.5 Å². The molecule has 0 aliphatic heterocycles. The zero-order chi connectivity index (χ0) is 27.7. The van der Waals surface area contributed by atoms with Crippen molar-refractivity contribution in [2.24, 2.45) is 0 Å². The molecule has 3 aromatic rings. The van der Waals surface area contributed by atoms with Gasteiger partial charge in [-0.3, -0.25) is 14.6 Å². The molecule has 0 fully saturated rings. The van der Waals surface area contributed by atoms with Crippen LogP contribution < -0.4 is 5.32 Å². The number of nitrogens with one attached hydrogen (secondary N) is 1. The normalized spacial score (nSPS) is 12.8. The number of nitrogens with zero attached hydrogens (tertiary/aromatic N) is 4. The molecule has 2 heterocycles. The minimum Gasteiger partial charge on any atom is -0.344 e. The maximum absolute atomic E-state index is 13.2. The van der Waals surface area contributed by atoms with Gasteiger partial charge in [0.2, 0.25) is 0 Å². The molecule has 0 radical (unpaired) electrons. The summed E-state index contributed by atoms with van der Waals surface area (Å²) in [5.41, 5.74) is -3.20. The summed E-state index contributed by atoms with van der Waals surface area (Å²) in [6.45, 7) is 5.34. The van der Waals surface area contributed by atoms with Gasteiger partial charge in [0.25, 0.3) is 11.8 Å². The van der Waals surface area contributed by atoms with Crippen LogP contribution in [0.15, 0.2) is 30.6 Å². The third-order valence-corrected chi connectivity index (χ3v) is 6.26. The zero-order valence-electron chi connectivity index (χ0n) is 20.0. The number of aromatic nitrogens is 3. The Bertz CT molecular complexity index is 1290. The van der Waals surface area contributed by atoms with Crippen LogP contribution in [0.3, 0.4) is 0 Å². The highest BCUT2D eigenvalue weighted by Gasteiger charge is 2.37. The Morgan fingerprint density at radius 1 is 1.03 bits per heavy atom. The molecule has 3 rings (SSSR count). The summed E-state index contributed by atoms with van der Waals surface area (Å²) in [6.07, 6.45) is -7.40. The van der Waals surface area contributed by atoms with Crippen molar-refractivity contribution < 1.29 is 35.9 Å². The highest BCUT2D eigenvalue weighted by Crippen LogP contribution is 2.36. The molecule has 0 aliphatic rings. The third-order valence-electron chi connectivity index (χ3n) is 5.27. The second-order valence-corrected chi connectivity index (χ2v) is 9.11. The number of halogens is 6. The number of carbonyl (C=O) groups is 2. The van der Waals surface area contributed by atoms with Crippen LogP contribution in [0.4, 0.5) is 26.3 Å². The first-order chi connectivity index (χ1) is 17.1. The molecule has 0 aliphatic carbocycles. The Morgan fingerprint density at radius 2 is 1.62 bits per heavy atom. The van der Waals surface area contributed by atoms with Gasteiger partial charge in [0.1, 0.15) is 15.6 Å². The van der Waals surface area contributed by atoms with Crippen molar-refractivity contribution in [3.63, 3.8) is 0 Å². The van der Waals surface area contributed by atoms with E-state index < -0.39 is 41.0 Å². The Morgan fingerprint density at radius 3 is 2.16 bits per heavy atom. The number of amides is 2. The van der Waals surface area contributed by atoms with E-state index in [0.717, 1.165) is 11.3 Å². The standard InChI is InChI=1S/C23H21F6N5O2S/c1-5-34(4)21(36)16-10-31-20(37-16)18-17(32-11(2)9-30-18)12(3)33-19(35)13-6-14(22(24,25)26)8-15(7-13)23(27,28)29/h6-10,12H,5H2,1-4H3,(H,33,35)/t12-/m1/s1. The lowest BCUT2D eigenvalue weighted by atomic mass is 10.0. The fraction of sp³-hybridized carbons (Fsp3) is 0.348. The van der Waals surface area contributed by atoms with E-state index in [4.69, 9.17) is 0 Å². The molecule has 0 spiro atoms. The van der Waals surface area contributed by atoms with Crippen molar-refractivity contribution in [2.75, 3.05) is 13.6 Å². The summed E-state index contributed by atoms with van der Waals surface area (Å²) < 4.78 is 79.2. The van der Waals surface area contributed by atoms with E-state index in [1.807, 2.05) is 0 Å². The van der Waals surface area contributed by atoms with Crippen molar-refractivity contribution in [3.8, 4) is 10.7 Å². The first-order valence-electron chi connectivity index (χ1n) is 10.8. The zero-order valence-corrected chi connectivity index (χ0v) is 20.8. The van der Waals surface area contributed by atoms with Gasteiger partial charge in [-0.2, -0.15) is 26.3 Å². The number of aryl methyl sites for hydroxylation is 1. The lowest BCUT2D eigenvalue weighted by molar-refractivity contribution is -0.143. The lowest BCUT2D eigenvalue weighted by Gasteiger charge is -2.18. The quantitative estimate of drug-likeness (QED) is 0.412. The van der Waals surface area contributed by atoms with Gasteiger partial charge in [-0.25, -0.2) is 9.97 Å². The molecule has 0 saturated heterocycles. The number of alkyl halides is 6. The van der Waals surface area contributed by atoms with Crippen molar-refractivity contribution in [1.82, 2.24) is 25.2 Å². The molecule has 0 saturated carbocycles. The number of hydrogen-bond acceptors (Lipinski definition) is 6. The van der Waals surface area contributed by atoms with Gasteiger partial charge >= 0.3 is 12.4 Å². The second kappa shape index (κ2) is 10.4. The van der Waals surface area contributed by atoms with Gasteiger partial charge in [-0.05, 0) is 39.0 Å². The molecular formula is C23H21F6N5O2S. The van der Waals surface area contributed by atoms with Gasteiger partial charge < -0.3 is 10.2 Å². The number of thiazole rings is 1. The van der Waals surface area contributed by atoms with Crippen LogP contribution in [0.2, 0.25) is 0 Å². The smallest absolute Gasteiger partial charge is 0.344 e. The van der Waals surface area contributed by atoms with Gasteiger partial charge in [-0.1, -0.05) is 0 Å². The molecule has 7 nitrogen and oxygen atoms in total. The summed E-state index contributed by atoms with van der Waals surface area (Å²) in [4.78, 5) is 39.9. The molecule has 198 valence electrons. The van der Waals surface area contributed by atoms with Crippen LogP contribution in [-0.4, -0.2) is 45.3 Å². The summed E-state index contributed by atoms with van der Waals surface area (Å²) in [5, 5.41) is 2.69. The Kier molecular flexibility index (Phi) is 7.91. The van der Waals surface area contributed by atoms with E-state index in [-0.39, 0.29) is 23.4 Å². The Labute approximate surface area is 211 Å². The Balaban J connectivity index is 1.96. The maximum Gasteiger partial charge on any atom is 0.416 e. The largest absolute Gasteiger partial charge is 0.416 e. The van der Waals surface area contributed by atoms with Crippen molar-refractivity contribution >= 4 is 23.2 Å². The molecule has 0 bridgehead atoms. The van der Waals surface area contributed by atoms with E-state index in [2.05, 4.69) is 20.3 Å². The molecule has 2 aromatic heterocycles. The van der Waals surface area contributed by atoms with E-state index in [1.165, 1.54) is 24.2 Å². The van der Waals surface area contributed by atoms with Crippen LogP contribution in [-0.2, 0) is 12.4 Å². The molecule has 2 amide bonds. The topological polar surface area (TPSA) is 88.1 Å². The van der Waals surface area contributed by atoms with Gasteiger partial charge in [-0.15, -0.1) is 11.3 Å². The first-order valence-corrected chi connectivity index (χ1v) is 11.6. The monoisotopic (exact) mass is 545 g/mol. The van der Waals surface area contributed by atoms with E-state index in [9.17, 15) is 35.9 Å². The highest BCUT2D eigenvalue weighted by atomic mass is 32.1. The fourth-order valence-electron chi connectivity index (χ4n) is 3.21. The maximum atomic E-state index is 13.2. The number of carbonyl (C=O) groups excluding carboxylic acids is 2. The summed E-state index contributed by atoms with van der Waals surface area (Å²) in [6, 6.07) is -0.339. The molecule has 37 heavy (non-hydrogen) atoms. The summed E-state index contributed by atoms with van der Waals surface area (Å²) in [7, 11) is 1.62. The van der Waals surface area contributed by atoms with Crippen LogP contribution in [0.5, 0.6) is 0 Å². The van der Waals surface area contributed by atoms with Gasteiger partial charge in [0, 0.05) is 25.4 Å². The van der Waals surface area contributed by atoms with Crippen LogP contribution in [0, 0.1) is 6.92 Å². The number of rotatable bonds is 6. The van der Waals surface area contributed by atoms with E-state index >= 15 is 0 Å². The van der Waals surface area contributed by atoms with E-state index in [1.54, 1.807) is 20.9 Å². The highest BCUT2D eigenvalue weighted by molar-refractivity contribution is 7.16. The lowest BCUT2D eigenvalue weighted by Crippen LogP contribution is -2.28. The molecular weight excluding hydrogens is 524 g/mol. The average Bonchev–Trinajstić information content (AvgIpc) is 3.31. The second-order valence-electron chi connectivity index (χ2n) is 8.08. The third kappa shape index (κ3) is 6.42. The van der Waals surface area contributed by atoms with Crippen LogP contribution >= 0.6 is 11.3 Å². The predicted octanol–water partition coefficient (Wildman–Crippen LogP) is 5.53. The molecule has 1 aromatic carbocycles. The molecule has 1 N–H and O–H groups in total. The molecule has 1 atom stereocenters. The average molecular weight is 546 g/mol. The summed E-state index contributed by atoms with van der Waals surface area (Å²) >= 11 is 1.03. The van der Waals surface area contributed by atoms with Crippen molar-refractivity contribution in [1.29, 1.82) is 0 Å². The van der Waals surface area contributed by atoms with Crippen molar-refractivity contribution in [2.45, 2.75) is 39.2 Å². The Hall–Kier alpha value is -3.55. The van der Waals surface area contributed by atoms with Crippen LogP contribution in [0.25, 0.3) is 10.7 Å². The van der Waals surface area contributed by atoms with Gasteiger partial charge in [0.05, 0.1) is 34.8 Å². The SMILES string of the molecule is CCN(C)C(=O)c1cnc(-c2ncc(C)nc2[C@@H](C)NC(=O)c2cc(C(F)(F)F)cc(C(F)(F)F)c2)s1.